The molecule has 0 aliphatic heterocycles. The van der Waals surface area contributed by atoms with Gasteiger partial charge in [-0.15, -0.1) is 0 Å². The zero-order chi connectivity index (χ0) is 15.5. The highest BCUT2D eigenvalue weighted by molar-refractivity contribution is 9.10. The second kappa shape index (κ2) is 6.57. The van der Waals surface area contributed by atoms with Crippen LogP contribution in [-0.4, -0.2) is 13.5 Å². The summed E-state index contributed by atoms with van der Waals surface area (Å²) in [6.45, 7) is 0.0731. The van der Waals surface area contributed by atoms with Gasteiger partial charge in [0.15, 0.2) is 0 Å². The number of anilines is 1. The highest BCUT2D eigenvalue weighted by Crippen LogP contribution is 2.23. The highest BCUT2D eigenvalue weighted by atomic mass is 79.9. The summed E-state index contributed by atoms with van der Waals surface area (Å²) in [7, 11) is -3.62. The summed E-state index contributed by atoms with van der Waals surface area (Å²) in [4.78, 5) is 0.141. The molecule has 0 atom stereocenters. The summed E-state index contributed by atoms with van der Waals surface area (Å²) < 4.78 is 27.5. The molecule has 0 unspecified atom stereocenters. The lowest BCUT2D eigenvalue weighted by atomic mass is 10.1. The van der Waals surface area contributed by atoms with Crippen LogP contribution in [0.4, 0.5) is 5.69 Å². The van der Waals surface area contributed by atoms with Gasteiger partial charge in [0.05, 0.1) is 11.5 Å². The summed E-state index contributed by atoms with van der Waals surface area (Å²) in [5, 5.41) is 9.07. The summed E-state index contributed by atoms with van der Waals surface area (Å²) in [6.07, 6.45) is 0. The van der Waals surface area contributed by atoms with Crippen molar-refractivity contribution in [3.63, 3.8) is 0 Å². The van der Waals surface area contributed by atoms with Crippen molar-refractivity contribution in [3.05, 3.63) is 58.1 Å². The SMILES string of the molecule is Nc1ccc(S(=O)(=O)NCc2cccc(CO)c2)cc1Br. The van der Waals surface area contributed by atoms with E-state index in [2.05, 4.69) is 20.7 Å². The zero-order valence-electron chi connectivity index (χ0n) is 11.1. The van der Waals surface area contributed by atoms with Gasteiger partial charge in [0.2, 0.25) is 10.0 Å². The molecule has 0 aromatic heterocycles. The van der Waals surface area contributed by atoms with Crippen molar-refractivity contribution in [1.29, 1.82) is 0 Å². The molecule has 2 aromatic carbocycles. The lowest BCUT2D eigenvalue weighted by molar-refractivity contribution is 0.281. The van der Waals surface area contributed by atoms with Gasteiger partial charge in [0.1, 0.15) is 0 Å². The van der Waals surface area contributed by atoms with E-state index in [0.717, 1.165) is 11.1 Å². The predicted molar refractivity (Wildman–Crippen MR) is 84.9 cm³/mol. The van der Waals surface area contributed by atoms with E-state index in [0.29, 0.717) is 10.2 Å². The zero-order valence-corrected chi connectivity index (χ0v) is 13.5. The maximum absolute atomic E-state index is 12.2. The minimum Gasteiger partial charge on any atom is -0.398 e. The summed E-state index contributed by atoms with van der Waals surface area (Å²) in [5.41, 5.74) is 7.63. The first-order valence-corrected chi connectivity index (χ1v) is 8.43. The van der Waals surface area contributed by atoms with Gasteiger partial charge < -0.3 is 10.8 Å². The average Bonchev–Trinajstić information content (AvgIpc) is 2.48. The van der Waals surface area contributed by atoms with Crippen molar-refractivity contribution in [2.24, 2.45) is 0 Å². The molecular formula is C14H15BrN2O3S. The number of aliphatic hydroxyl groups is 1. The summed E-state index contributed by atoms with van der Waals surface area (Å²) >= 11 is 3.21. The van der Waals surface area contributed by atoms with Crippen LogP contribution in [0, 0.1) is 0 Å². The average molecular weight is 371 g/mol. The van der Waals surface area contributed by atoms with Crippen molar-refractivity contribution in [2.45, 2.75) is 18.0 Å². The fourth-order valence-electron chi connectivity index (χ4n) is 1.77. The largest absolute Gasteiger partial charge is 0.398 e. The van der Waals surface area contributed by atoms with Gasteiger partial charge in [-0.2, -0.15) is 0 Å². The Morgan fingerprint density at radius 2 is 1.86 bits per heavy atom. The Morgan fingerprint density at radius 1 is 1.14 bits per heavy atom. The highest BCUT2D eigenvalue weighted by Gasteiger charge is 2.14. The van der Waals surface area contributed by atoms with Crippen molar-refractivity contribution >= 4 is 31.6 Å². The molecule has 0 saturated carbocycles. The monoisotopic (exact) mass is 370 g/mol. The van der Waals surface area contributed by atoms with E-state index in [1.165, 1.54) is 18.2 Å². The summed E-state index contributed by atoms with van der Waals surface area (Å²) in [6, 6.07) is 11.5. The Balaban J connectivity index is 2.15. The first-order valence-electron chi connectivity index (χ1n) is 6.16. The maximum Gasteiger partial charge on any atom is 0.240 e. The van der Waals surface area contributed by atoms with E-state index in [4.69, 9.17) is 10.8 Å². The van der Waals surface area contributed by atoms with Gasteiger partial charge in [0.25, 0.3) is 0 Å². The number of nitrogen functional groups attached to an aromatic ring is 1. The number of nitrogens with two attached hydrogens (primary N) is 1. The van der Waals surface area contributed by atoms with Crippen LogP contribution in [0.3, 0.4) is 0 Å². The topological polar surface area (TPSA) is 92.4 Å². The van der Waals surface area contributed by atoms with Gasteiger partial charge in [-0.25, -0.2) is 13.1 Å². The Hall–Kier alpha value is -1.41. The standard InChI is InChI=1S/C14H15BrN2O3S/c15-13-7-12(4-5-14(13)16)21(19,20)17-8-10-2-1-3-11(6-10)9-18/h1-7,17-18H,8-9,16H2. The predicted octanol–water partition coefficient (Wildman–Crippen LogP) is 2.00. The van der Waals surface area contributed by atoms with E-state index >= 15 is 0 Å². The van der Waals surface area contributed by atoms with Gasteiger partial charge >= 0.3 is 0 Å². The molecular weight excluding hydrogens is 356 g/mol. The van der Waals surface area contributed by atoms with Crippen molar-refractivity contribution < 1.29 is 13.5 Å². The first-order chi connectivity index (χ1) is 9.92. The van der Waals surface area contributed by atoms with Gasteiger partial charge in [0, 0.05) is 16.7 Å². The molecule has 4 N–H and O–H groups in total. The van der Waals surface area contributed by atoms with Crippen LogP contribution >= 0.6 is 15.9 Å². The van der Waals surface area contributed by atoms with E-state index < -0.39 is 10.0 Å². The van der Waals surface area contributed by atoms with Crippen molar-refractivity contribution in [1.82, 2.24) is 4.72 Å². The molecule has 0 aliphatic rings. The number of halogens is 1. The number of hydrogen-bond donors (Lipinski definition) is 3. The van der Waals surface area contributed by atoms with Crippen LogP contribution in [0.2, 0.25) is 0 Å². The van der Waals surface area contributed by atoms with Crippen molar-refractivity contribution in [3.8, 4) is 0 Å². The molecule has 112 valence electrons. The van der Waals surface area contributed by atoms with Crippen LogP contribution in [0.25, 0.3) is 0 Å². The van der Waals surface area contributed by atoms with Crippen LogP contribution < -0.4 is 10.5 Å². The molecule has 0 saturated heterocycles. The third-order valence-corrected chi connectivity index (χ3v) is 5.01. The van der Waals surface area contributed by atoms with E-state index in [1.807, 2.05) is 0 Å². The molecule has 0 aliphatic carbocycles. The third-order valence-electron chi connectivity index (χ3n) is 2.92. The molecule has 0 bridgehead atoms. The number of rotatable bonds is 5. The lowest BCUT2D eigenvalue weighted by Crippen LogP contribution is -2.23. The number of aliphatic hydroxyl groups excluding tert-OH is 1. The molecule has 2 rings (SSSR count). The smallest absolute Gasteiger partial charge is 0.240 e. The number of benzene rings is 2. The van der Waals surface area contributed by atoms with Crippen molar-refractivity contribution in [2.75, 3.05) is 5.73 Å². The van der Waals surface area contributed by atoms with Gasteiger partial charge in [-0.3, -0.25) is 0 Å². The molecule has 0 amide bonds. The minimum absolute atomic E-state index is 0.0779. The Morgan fingerprint density at radius 3 is 2.52 bits per heavy atom. The normalized spacial score (nSPS) is 11.5. The molecule has 7 heteroatoms. The van der Waals surface area contributed by atoms with Crippen LogP contribution in [0.5, 0.6) is 0 Å². The molecule has 0 spiro atoms. The van der Waals surface area contributed by atoms with Gasteiger partial charge in [-0.1, -0.05) is 24.3 Å². The van der Waals surface area contributed by atoms with E-state index in [-0.39, 0.29) is 18.0 Å². The third kappa shape index (κ3) is 4.04. The second-order valence-corrected chi connectivity index (χ2v) is 7.11. The maximum atomic E-state index is 12.2. The van der Waals surface area contributed by atoms with Crippen LogP contribution in [0.1, 0.15) is 11.1 Å². The Bertz CT molecular complexity index is 748. The van der Waals surface area contributed by atoms with Crippen LogP contribution in [0.15, 0.2) is 51.8 Å². The number of sulfonamides is 1. The summed E-state index contributed by atoms with van der Waals surface area (Å²) in [5.74, 6) is 0. The number of hydrogen-bond acceptors (Lipinski definition) is 4. The van der Waals surface area contributed by atoms with Crippen LogP contribution in [-0.2, 0) is 23.2 Å². The molecule has 5 nitrogen and oxygen atoms in total. The fourth-order valence-corrected chi connectivity index (χ4v) is 3.35. The lowest BCUT2D eigenvalue weighted by Gasteiger charge is -2.09. The quantitative estimate of drug-likeness (QED) is 0.701. The fraction of sp³-hybridized carbons (Fsp3) is 0.143. The number of nitrogens with one attached hydrogen (secondary N) is 1. The van der Waals surface area contributed by atoms with E-state index in [1.54, 1.807) is 24.3 Å². The minimum atomic E-state index is -3.62. The molecule has 2 aromatic rings. The second-order valence-electron chi connectivity index (χ2n) is 4.49. The van der Waals surface area contributed by atoms with Gasteiger partial charge in [-0.05, 0) is 45.3 Å². The van der Waals surface area contributed by atoms with E-state index in [9.17, 15) is 8.42 Å². The Labute approximate surface area is 132 Å². The first kappa shape index (κ1) is 16.0. The molecule has 21 heavy (non-hydrogen) atoms. The molecule has 0 radical (unpaired) electrons. The Kier molecular flexibility index (Phi) is 5.00. The molecule has 0 heterocycles. The molecule has 0 fully saturated rings.